The highest BCUT2D eigenvalue weighted by molar-refractivity contribution is 7.98. The topological polar surface area (TPSA) is 97.6 Å². The predicted molar refractivity (Wildman–Crippen MR) is 106 cm³/mol. The van der Waals surface area contributed by atoms with Gasteiger partial charge >= 0.3 is 0 Å². The van der Waals surface area contributed by atoms with Gasteiger partial charge in [-0.3, -0.25) is 9.59 Å². The van der Waals surface area contributed by atoms with Crippen LogP contribution in [0.2, 0.25) is 0 Å². The summed E-state index contributed by atoms with van der Waals surface area (Å²) >= 11 is 1.44. The van der Waals surface area contributed by atoms with Crippen molar-refractivity contribution in [2.24, 2.45) is 0 Å². The number of nitrogens with zero attached hydrogens (tertiary/aromatic N) is 3. The molecule has 2 aromatic heterocycles. The number of pyridine rings is 1. The predicted octanol–water partition coefficient (Wildman–Crippen LogP) is 2.20. The molecule has 2 heterocycles. The van der Waals surface area contributed by atoms with Crippen LogP contribution >= 0.6 is 11.8 Å². The third-order valence-electron chi connectivity index (χ3n) is 4.11. The van der Waals surface area contributed by atoms with E-state index in [1.165, 1.54) is 16.7 Å². The maximum atomic E-state index is 12.8. The number of hydrogen-bond donors (Lipinski definition) is 1. The number of aromatic nitrogens is 2. The van der Waals surface area contributed by atoms with Gasteiger partial charge in [-0.05, 0) is 32.4 Å². The van der Waals surface area contributed by atoms with Crippen LogP contribution in [0.5, 0.6) is 0 Å². The molecule has 9 heteroatoms. The molecule has 2 amide bonds. The Morgan fingerprint density at radius 1 is 1.36 bits per heavy atom. The van der Waals surface area contributed by atoms with E-state index in [0.29, 0.717) is 29.5 Å². The van der Waals surface area contributed by atoms with E-state index in [2.05, 4.69) is 15.5 Å². The van der Waals surface area contributed by atoms with Gasteiger partial charge in [-0.1, -0.05) is 5.16 Å². The number of rotatable bonds is 10. The van der Waals surface area contributed by atoms with Crippen LogP contribution in [0, 0.1) is 13.8 Å². The summed E-state index contributed by atoms with van der Waals surface area (Å²) in [5.74, 6) is 0.903. The van der Waals surface area contributed by atoms with Crippen molar-refractivity contribution >= 4 is 23.6 Å². The Bertz CT molecular complexity index is 789. The van der Waals surface area contributed by atoms with Gasteiger partial charge in [-0.2, -0.15) is 0 Å². The van der Waals surface area contributed by atoms with Crippen molar-refractivity contribution in [1.82, 2.24) is 20.4 Å². The molecule has 0 saturated heterocycles. The fourth-order valence-corrected chi connectivity index (χ4v) is 3.65. The molecular formula is C19H26N4O4S. The van der Waals surface area contributed by atoms with E-state index in [1.807, 2.05) is 13.8 Å². The van der Waals surface area contributed by atoms with Crippen LogP contribution < -0.4 is 5.32 Å². The van der Waals surface area contributed by atoms with Gasteiger partial charge < -0.3 is 19.5 Å². The maximum absolute atomic E-state index is 12.8. The first-order chi connectivity index (χ1) is 13.4. The Morgan fingerprint density at radius 3 is 2.82 bits per heavy atom. The molecule has 0 aliphatic heterocycles. The number of methoxy groups -OCH3 is 1. The number of carbonyl (C=O) groups is 2. The number of ether oxygens (including phenoxy) is 1. The molecule has 0 saturated carbocycles. The molecule has 28 heavy (non-hydrogen) atoms. The van der Waals surface area contributed by atoms with Crippen LogP contribution in [0.25, 0.3) is 0 Å². The van der Waals surface area contributed by atoms with Gasteiger partial charge in [0.2, 0.25) is 5.91 Å². The van der Waals surface area contributed by atoms with Gasteiger partial charge in [0.25, 0.3) is 5.91 Å². The lowest BCUT2D eigenvalue weighted by Crippen LogP contribution is -2.39. The molecule has 0 fully saturated rings. The van der Waals surface area contributed by atoms with Crippen molar-refractivity contribution in [1.29, 1.82) is 0 Å². The van der Waals surface area contributed by atoms with Crippen molar-refractivity contribution in [3.8, 4) is 0 Å². The van der Waals surface area contributed by atoms with E-state index < -0.39 is 0 Å². The van der Waals surface area contributed by atoms with Crippen LogP contribution in [0.15, 0.2) is 27.9 Å². The lowest BCUT2D eigenvalue weighted by atomic mass is 10.2. The summed E-state index contributed by atoms with van der Waals surface area (Å²) in [6, 6.07) is 3.43. The minimum absolute atomic E-state index is 0.0192. The van der Waals surface area contributed by atoms with E-state index in [-0.39, 0.29) is 18.4 Å². The highest BCUT2D eigenvalue weighted by atomic mass is 32.2. The molecule has 0 aliphatic carbocycles. The van der Waals surface area contributed by atoms with E-state index in [9.17, 15) is 9.59 Å². The summed E-state index contributed by atoms with van der Waals surface area (Å²) in [6.45, 7) is 4.82. The number of hydrogen-bond acceptors (Lipinski definition) is 7. The zero-order valence-electron chi connectivity index (χ0n) is 16.7. The monoisotopic (exact) mass is 406 g/mol. The summed E-state index contributed by atoms with van der Waals surface area (Å²) in [4.78, 5) is 30.6. The minimum atomic E-state index is -0.249. The van der Waals surface area contributed by atoms with Crippen LogP contribution in [0.4, 0.5) is 0 Å². The molecule has 1 N–H and O–H groups in total. The summed E-state index contributed by atoms with van der Waals surface area (Å²) in [7, 11) is 3.22. The molecule has 0 aliphatic rings. The maximum Gasteiger partial charge on any atom is 0.256 e. The number of nitrogens with one attached hydrogen (secondary N) is 1. The molecule has 0 spiro atoms. The second-order valence-corrected chi connectivity index (χ2v) is 7.27. The SMILES string of the molecule is COCCCNC(=O)CN(C)C(=O)c1cccnc1SCc1c(C)noc1C. The summed E-state index contributed by atoms with van der Waals surface area (Å²) in [5, 5.41) is 7.33. The van der Waals surface area contributed by atoms with Gasteiger partial charge in [0.05, 0.1) is 17.8 Å². The lowest BCUT2D eigenvalue weighted by molar-refractivity contribution is -0.121. The molecular weight excluding hydrogens is 380 g/mol. The first-order valence-corrected chi connectivity index (χ1v) is 9.93. The quantitative estimate of drug-likeness (QED) is 0.477. The Morgan fingerprint density at radius 2 is 2.14 bits per heavy atom. The Hall–Kier alpha value is -2.39. The molecule has 0 bridgehead atoms. The third-order valence-corrected chi connectivity index (χ3v) is 5.14. The summed E-state index contributed by atoms with van der Waals surface area (Å²) in [5.41, 5.74) is 2.29. The number of amides is 2. The van der Waals surface area contributed by atoms with E-state index in [1.54, 1.807) is 32.5 Å². The lowest BCUT2D eigenvalue weighted by Gasteiger charge is -2.18. The molecule has 0 aromatic carbocycles. The molecule has 0 unspecified atom stereocenters. The van der Waals surface area contributed by atoms with Crippen LogP contribution in [0.1, 0.15) is 33.8 Å². The standard InChI is InChI=1S/C19H26N4O4S/c1-13-16(14(2)27-22-13)12-28-18-15(7-5-8-21-18)19(25)23(3)11-17(24)20-9-6-10-26-4/h5,7-8H,6,9-12H2,1-4H3,(H,20,24). The average molecular weight is 407 g/mol. The first-order valence-electron chi connectivity index (χ1n) is 8.94. The van der Waals surface area contributed by atoms with Crippen molar-refractivity contribution in [2.45, 2.75) is 31.0 Å². The van der Waals surface area contributed by atoms with Crippen molar-refractivity contribution in [2.75, 3.05) is 33.9 Å². The smallest absolute Gasteiger partial charge is 0.256 e. The first kappa shape index (κ1) is 21.9. The number of thioether (sulfide) groups is 1. The normalized spacial score (nSPS) is 10.7. The minimum Gasteiger partial charge on any atom is -0.385 e. The molecule has 2 rings (SSSR count). The van der Waals surface area contributed by atoms with Gasteiger partial charge in [-0.25, -0.2) is 4.98 Å². The second-order valence-electron chi connectivity index (χ2n) is 6.31. The zero-order valence-corrected chi connectivity index (χ0v) is 17.5. The second kappa shape index (κ2) is 10.8. The van der Waals surface area contributed by atoms with Gasteiger partial charge in [0.15, 0.2) is 0 Å². The summed E-state index contributed by atoms with van der Waals surface area (Å²) in [6.07, 6.45) is 2.37. The Labute approximate surface area is 169 Å². The third kappa shape index (κ3) is 6.07. The fraction of sp³-hybridized carbons (Fsp3) is 0.474. The number of likely N-dealkylation sites (N-methyl/N-ethyl adjacent to an activating group) is 1. The molecule has 8 nitrogen and oxygen atoms in total. The Kier molecular flexibility index (Phi) is 8.46. The highest BCUT2D eigenvalue weighted by Gasteiger charge is 2.20. The fourth-order valence-electron chi connectivity index (χ4n) is 2.51. The van der Waals surface area contributed by atoms with Crippen LogP contribution in [-0.2, 0) is 15.3 Å². The van der Waals surface area contributed by atoms with Crippen LogP contribution in [0.3, 0.4) is 0 Å². The van der Waals surface area contributed by atoms with Crippen molar-refractivity contribution < 1.29 is 18.8 Å². The van der Waals surface area contributed by atoms with Crippen LogP contribution in [-0.4, -0.2) is 60.7 Å². The molecule has 0 radical (unpaired) electrons. The van der Waals surface area contributed by atoms with Crippen molar-refractivity contribution in [3.05, 3.63) is 40.9 Å². The van der Waals surface area contributed by atoms with Crippen molar-refractivity contribution in [3.63, 3.8) is 0 Å². The van der Waals surface area contributed by atoms with E-state index >= 15 is 0 Å². The van der Waals surface area contributed by atoms with E-state index in [0.717, 1.165) is 23.4 Å². The largest absolute Gasteiger partial charge is 0.385 e. The number of aryl methyl sites for hydroxylation is 2. The number of carbonyl (C=O) groups excluding carboxylic acids is 2. The van der Waals surface area contributed by atoms with Gasteiger partial charge in [0.1, 0.15) is 10.8 Å². The average Bonchev–Trinajstić information content (AvgIpc) is 3.01. The van der Waals surface area contributed by atoms with Gasteiger partial charge in [-0.15, -0.1) is 11.8 Å². The Balaban J connectivity index is 1.98. The summed E-state index contributed by atoms with van der Waals surface area (Å²) < 4.78 is 10.1. The molecule has 2 aromatic rings. The zero-order chi connectivity index (χ0) is 20.5. The molecule has 152 valence electrons. The highest BCUT2D eigenvalue weighted by Crippen LogP contribution is 2.27. The molecule has 0 atom stereocenters. The van der Waals surface area contributed by atoms with Gasteiger partial charge in [0, 0.05) is 44.8 Å². The van der Waals surface area contributed by atoms with E-state index in [4.69, 9.17) is 9.26 Å².